The van der Waals surface area contributed by atoms with Gasteiger partial charge in [0.25, 0.3) is 0 Å². The van der Waals surface area contributed by atoms with Gasteiger partial charge in [-0.3, -0.25) is 4.79 Å². The minimum Gasteiger partial charge on any atom is -0.497 e. The van der Waals surface area contributed by atoms with Gasteiger partial charge in [0.05, 0.1) is 19.1 Å². The number of nitrogens with one attached hydrogen (secondary N) is 1. The quantitative estimate of drug-likeness (QED) is 0.602. The van der Waals surface area contributed by atoms with Gasteiger partial charge in [0, 0.05) is 25.2 Å². The van der Waals surface area contributed by atoms with E-state index >= 15 is 0 Å². The second-order valence-electron chi connectivity index (χ2n) is 7.99. The molecule has 0 bridgehead atoms. The molecule has 0 saturated heterocycles. The highest BCUT2D eigenvalue weighted by Gasteiger charge is 2.29. The zero-order valence-electron chi connectivity index (χ0n) is 19.0. The molecule has 0 fully saturated rings. The lowest BCUT2D eigenvalue weighted by atomic mass is 10.0. The first kappa shape index (κ1) is 24.7. The van der Waals surface area contributed by atoms with E-state index in [9.17, 15) is 13.2 Å². The molecule has 7 nitrogen and oxygen atoms in total. The van der Waals surface area contributed by atoms with Crippen LogP contribution in [-0.2, 0) is 21.4 Å². The zero-order valence-corrected chi connectivity index (χ0v) is 19.8. The number of ether oxygens (including phenoxy) is 2. The van der Waals surface area contributed by atoms with Crippen LogP contribution in [0, 0.1) is 12.8 Å². The zero-order chi connectivity index (χ0) is 23.2. The second kappa shape index (κ2) is 10.6. The van der Waals surface area contributed by atoms with Gasteiger partial charge >= 0.3 is 0 Å². The highest BCUT2D eigenvalue weighted by molar-refractivity contribution is 7.89. The molecule has 1 N–H and O–H groups in total. The Morgan fingerprint density at radius 2 is 1.71 bits per heavy atom. The van der Waals surface area contributed by atoms with Gasteiger partial charge in [-0.2, -0.15) is 4.72 Å². The van der Waals surface area contributed by atoms with Crippen molar-refractivity contribution in [2.24, 2.45) is 5.92 Å². The van der Waals surface area contributed by atoms with Crippen LogP contribution in [-0.4, -0.2) is 46.5 Å². The molecule has 0 aromatic heterocycles. The number of nitrogens with zero attached hydrogens (tertiary/aromatic N) is 1. The predicted octanol–water partition coefficient (Wildman–Crippen LogP) is 3.36. The normalized spacial score (nSPS) is 12.5. The Labute approximate surface area is 185 Å². The van der Waals surface area contributed by atoms with Crippen molar-refractivity contribution in [3.8, 4) is 11.5 Å². The van der Waals surface area contributed by atoms with Crippen LogP contribution in [0.5, 0.6) is 11.5 Å². The lowest BCUT2D eigenvalue weighted by Crippen LogP contribution is -2.47. The maximum atomic E-state index is 13.2. The van der Waals surface area contributed by atoms with Crippen LogP contribution in [0.1, 0.15) is 31.4 Å². The molecule has 170 valence electrons. The molecular formula is C23H32N2O5S. The molecule has 1 atom stereocenters. The van der Waals surface area contributed by atoms with Crippen molar-refractivity contribution in [3.05, 3.63) is 53.6 Å². The van der Waals surface area contributed by atoms with E-state index in [2.05, 4.69) is 4.72 Å². The minimum atomic E-state index is -3.83. The summed E-state index contributed by atoms with van der Waals surface area (Å²) in [6, 6.07) is 11.0. The number of aryl methyl sites for hydroxylation is 1. The molecule has 31 heavy (non-hydrogen) atoms. The van der Waals surface area contributed by atoms with Crippen molar-refractivity contribution >= 4 is 15.9 Å². The number of likely N-dealkylation sites (N-methyl/N-ethyl adjacent to an activating group) is 1. The van der Waals surface area contributed by atoms with Crippen molar-refractivity contribution in [3.63, 3.8) is 0 Å². The Morgan fingerprint density at radius 1 is 1.06 bits per heavy atom. The number of carbonyl (C=O) groups excluding carboxylic acids is 1. The monoisotopic (exact) mass is 448 g/mol. The first-order valence-corrected chi connectivity index (χ1v) is 11.6. The molecule has 1 amide bonds. The van der Waals surface area contributed by atoms with E-state index in [1.807, 2.05) is 26.8 Å². The van der Waals surface area contributed by atoms with Crippen molar-refractivity contribution in [2.45, 2.75) is 44.7 Å². The van der Waals surface area contributed by atoms with Gasteiger partial charge in [0.15, 0.2) is 0 Å². The molecule has 0 spiro atoms. The van der Waals surface area contributed by atoms with Gasteiger partial charge < -0.3 is 14.4 Å². The number of amides is 1. The van der Waals surface area contributed by atoms with Crippen LogP contribution >= 0.6 is 0 Å². The number of sulfonamides is 1. The summed E-state index contributed by atoms with van der Waals surface area (Å²) in [5.74, 6) is 1.07. The molecule has 0 aliphatic carbocycles. The van der Waals surface area contributed by atoms with Gasteiger partial charge in [-0.25, -0.2) is 8.42 Å². The van der Waals surface area contributed by atoms with Crippen LogP contribution in [0.2, 0.25) is 0 Å². The van der Waals surface area contributed by atoms with Gasteiger partial charge in [-0.15, -0.1) is 0 Å². The molecule has 2 aromatic rings. The largest absolute Gasteiger partial charge is 0.497 e. The van der Waals surface area contributed by atoms with Crippen LogP contribution in [0.3, 0.4) is 0 Å². The summed E-state index contributed by atoms with van der Waals surface area (Å²) >= 11 is 0. The summed E-state index contributed by atoms with van der Waals surface area (Å²) < 4.78 is 39.0. The molecule has 2 aromatic carbocycles. The van der Waals surface area contributed by atoms with Crippen LogP contribution < -0.4 is 14.2 Å². The van der Waals surface area contributed by atoms with Gasteiger partial charge in [-0.1, -0.05) is 31.5 Å². The fourth-order valence-corrected chi connectivity index (χ4v) is 4.43. The fraction of sp³-hybridized carbons (Fsp3) is 0.435. The molecule has 0 aliphatic rings. The minimum absolute atomic E-state index is 0.124. The summed E-state index contributed by atoms with van der Waals surface area (Å²) in [5, 5.41) is 0. The SMILES string of the molecule is COc1ccc(CN(C)C(=O)[C@@H](CC(C)C)NS(=O)(=O)c2ccc(C)cc2)c(OC)c1. The van der Waals surface area contributed by atoms with Crippen molar-refractivity contribution in [1.82, 2.24) is 9.62 Å². The highest BCUT2D eigenvalue weighted by atomic mass is 32.2. The summed E-state index contributed by atoms with van der Waals surface area (Å²) in [7, 11) is 0.942. The number of hydrogen-bond acceptors (Lipinski definition) is 5. The van der Waals surface area contributed by atoms with Crippen molar-refractivity contribution in [1.29, 1.82) is 0 Å². The van der Waals surface area contributed by atoms with E-state index < -0.39 is 16.1 Å². The van der Waals surface area contributed by atoms with Gasteiger partial charge in [-0.05, 0) is 43.5 Å². The molecule has 0 radical (unpaired) electrons. The van der Waals surface area contributed by atoms with E-state index in [0.29, 0.717) is 17.9 Å². The van der Waals surface area contributed by atoms with Crippen LogP contribution in [0.4, 0.5) is 0 Å². The Balaban J connectivity index is 2.23. The van der Waals surface area contributed by atoms with Gasteiger partial charge in [0.1, 0.15) is 17.5 Å². The molecule has 0 heterocycles. The third-order valence-corrected chi connectivity index (χ3v) is 6.40. The first-order valence-electron chi connectivity index (χ1n) is 10.1. The molecule has 8 heteroatoms. The topological polar surface area (TPSA) is 84.9 Å². The Bertz CT molecular complexity index is 988. The average Bonchev–Trinajstić information content (AvgIpc) is 2.72. The lowest BCUT2D eigenvalue weighted by molar-refractivity contribution is -0.132. The first-order chi connectivity index (χ1) is 14.6. The maximum absolute atomic E-state index is 13.2. The summed E-state index contributed by atoms with van der Waals surface area (Å²) in [5.41, 5.74) is 1.76. The number of methoxy groups -OCH3 is 2. The lowest BCUT2D eigenvalue weighted by Gasteiger charge is -2.26. The molecule has 0 aliphatic heterocycles. The Hall–Kier alpha value is -2.58. The fourth-order valence-electron chi connectivity index (χ4n) is 3.23. The third-order valence-electron chi connectivity index (χ3n) is 4.91. The standard InChI is InChI=1S/C23H32N2O5S/c1-16(2)13-21(24-31(27,28)20-11-7-17(3)8-12-20)23(26)25(4)15-18-9-10-19(29-5)14-22(18)30-6/h7-12,14,16,21,24H,13,15H2,1-6H3/t21-/m1/s1. The number of carbonyl (C=O) groups is 1. The average molecular weight is 449 g/mol. The number of rotatable bonds is 10. The molecule has 0 unspecified atom stereocenters. The maximum Gasteiger partial charge on any atom is 0.241 e. The third kappa shape index (κ3) is 6.70. The van der Waals surface area contributed by atoms with E-state index in [0.717, 1.165) is 11.1 Å². The molecular weight excluding hydrogens is 416 g/mol. The van der Waals surface area contributed by atoms with Crippen molar-refractivity contribution < 1.29 is 22.7 Å². The van der Waals surface area contributed by atoms with Crippen LogP contribution in [0.25, 0.3) is 0 Å². The predicted molar refractivity (Wildman–Crippen MR) is 121 cm³/mol. The smallest absolute Gasteiger partial charge is 0.241 e. The second-order valence-corrected chi connectivity index (χ2v) is 9.70. The van der Waals surface area contributed by atoms with Crippen molar-refractivity contribution in [2.75, 3.05) is 21.3 Å². The summed E-state index contributed by atoms with van der Waals surface area (Å²) in [6.45, 7) is 6.06. The van der Waals surface area contributed by atoms with Gasteiger partial charge in [0.2, 0.25) is 15.9 Å². The van der Waals surface area contributed by atoms with Crippen LogP contribution in [0.15, 0.2) is 47.4 Å². The Kier molecular flexibility index (Phi) is 8.47. The summed E-state index contributed by atoms with van der Waals surface area (Å²) in [4.78, 5) is 14.8. The highest BCUT2D eigenvalue weighted by Crippen LogP contribution is 2.26. The molecule has 2 rings (SSSR count). The number of benzene rings is 2. The summed E-state index contributed by atoms with van der Waals surface area (Å²) in [6.07, 6.45) is 0.383. The Morgan fingerprint density at radius 3 is 2.26 bits per heavy atom. The van der Waals surface area contributed by atoms with E-state index in [-0.39, 0.29) is 23.3 Å². The van der Waals surface area contributed by atoms with E-state index in [1.165, 1.54) is 4.90 Å². The molecule has 0 saturated carbocycles. The van der Waals surface area contributed by atoms with E-state index in [1.54, 1.807) is 57.7 Å². The number of hydrogen-bond donors (Lipinski definition) is 1. The van der Waals surface area contributed by atoms with E-state index in [4.69, 9.17) is 9.47 Å².